The van der Waals surface area contributed by atoms with Crippen molar-refractivity contribution in [2.45, 2.75) is 32.0 Å². The minimum Gasteiger partial charge on any atom is -0.351 e. The van der Waals surface area contributed by atoms with E-state index in [9.17, 15) is 4.79 Å². The van der Waals surface area contributed by atoms with Crippen LogP contribution in [0.5, 0.6) is 0 Å². The predicted octanol–water partition coefficient (Wildman–Crippen LogP) is 3.62. The Morgan fingerprint density at radius 2 is 1.91 bits per heavy atom. The Morgan fingerprint density at radius 3 is 2.70 bits per heavy atom. The lowest BCUT2D eigenvalue weighted by molar-refractivity contribution is -0.125. The first-order valence-electron chi connectivity index (χ1n) is 8.02. The lowest BCUT2D eigenvalue weighted by Gasteiger charge is -2.23. The van der Waals surface area contributed by atoms with Crippen molar-refractivity contribution in [1.82, 2.24) is 10.2 Å². The summed E-state index contributed by atoms with van der Waals surface area (Å²) in [5.74, 6) is 0.119. The fraction of sp³-hybridized carbons (Fsp3) is 0.316. The first-order valence-corrected chi connectivity index (χ1v) is 8.40. The Kier molecular flexibility index (Phi) is 5.31. The molecule has 0 saturated carbocycles. The maximum Gasteiger partial charge on any atom is 0.237 e. The van der Waals surface area contributed by atoms with Gasteiger partial charge in [-0.3, -0.25) is 9.69 Å². The molecule has 0 radical (unpaired) electrons. The van der Waals surface area contributed by atoms with E-state index in [-0.39, 0.29) is 11.9 Å². The smallest absolute Gasteiger partial charge is 0.237 e. The van der Waals surface area contributed by atoms with Crippen LogP contribution in [0.4, 0.5) is 0 Å². The molecule has 23 heavy (non-hydrogen) atoms. The number of hydrogen-bond donors (Lipinski definition) is 1. The van der Waals surface area contributed by atoms with E-state index in [1.165, 1.54) is 0 Å². The van der Waals surface area contributed by atoms with Crippen LogP contribution in [0.2, 0.25) is 5.02 Å². The third-order valence-electron chi connectivity index (χ3n) is 4.25. The van der Waals surface area contributed by atoms with Crippen LogP contribution in [0, 0.1) is 0 Å². The molecule has 2 aromatic carbocycles. The summed E-state index contributed by atoms with van der Waals surface area (Å²) in [6.07, 6.45) is 1.98. The second-order valence-electron chi connectivity index (χ2n) is 5.96. The van der Waals surface area contributed by atoms with Gasteiger partial charge in [0.2, 0.25) is 5.91 Å². The Balaban J connectivity index is 1.58. The first-order chi connectivity index (χ1) is 11.2. The molecule has 0 spiro atoms. The molecule has 1 aliphatic rings. The standard InChI is InChI=1S/C19H21ClN2O/c20-17-9-4-8-16(12-17)14-22-11-5-10-18(22)19(23)21-13-15-6-2-1-3-7-15/h1-4,6-9,12,18H,5,10-11,13-14H2,(H,21,23). The van der Waals surface area contributed by atoms with E-state index in [0.29, 0.717) is 6.54 Å². The zero-order chi connectivity index (χ0) is 16.1. The predicted molar refractivity (Wildman–Crippen MR) is 93.2 cm³/mol. The van der Waals surface area contributed by atoms with E-state index in [2.05, 4.69) is 16.3 Å². The van der Waals surface area contributed by atoms with Gasteiger partial charge in [-0.15, -0.1) is 0 Å². The molecule has 1 saturated heterocycles. The number of likely N-dealkylation sites (tertiary alicyclic amines) is 1. The van der Waals surface area contributed by atoms with Gasteiger partial charge in [0.1, 0.15) is 0 Å². The maximum absolute atomic E-state index is 12.5. The van der Waals surface area contributed by atoms with Gasteiger partial charge >= 0.3 is 0 Å². The largest absolute Gasteiger partial charge is 0.351 e. The van der Waals surface area contributed by atoms with Crippen LogP contribution in [0.1, 0.15) is 24.0 Å². The molecule has 3 rings (SSSR count). The molecule has 3 nitrogen and oxygen atoms in total. The van der Waals surface area contributed by atoms with Crippen molar-refractivity contribution < 1.29 is 4.79 Å². The number of hydrogen-bond acceptors (Lipinski definition) is 2. The van der Waals surface area contributed by atoms with Gasteiger partial charge in [-0.25, -0.2) is 0 Å². The quantitative estimate of drug-likeness (QED) is 0.909. The van der Waals surface area contributed by atoms with Gasteiger partial charge in [-0.05, 0) is 42.6 Å². The van der Waals surface area contributed by atoms with Gasteiger partial charge in [0.15, 0.2) is 0 Å². The van der Waals surface area contributed by atoms with Crippen LogP contribution in [0.25, 0.3) is 0 Å². The lowest BCUT2D eigenvalue weighted by atomic mass is 10.1. The molecule has 2 aromatic rings. The van der Waals surface area contributed by atoms with E-state index >= 15 is 0 Å². The third kappa shape index (κ3) is 4.34. The molecule has 0 bridgehead atoms. The highest BCUT2D eigenvalue weighted by Gasteiger charge is 2.30. The van der Waals surface area contributed by atoms with E-state index in [1.54, 1.807) is 0 Å². The Bertz CT molecular complexity index is 659. The van der Waals surface area contributed by atoms with E-state index in [1.807, 2.05) is 48.5 Å². The molecule has 1 heterocycles. The number of nitrogens with one attached hydrogen (secondary N) is 1. The molecule has 1 amide bonds. The second-order valence-corrected chi connectivity index (χ2v) is 6.40. The van der Waals surface area contributed by atoms with Gasteiger partial charge in [-0.2, -0.15) is 0 Å². The van der Waals surface area contributed by atoms with Crippen LogP contribution in [0.3, 0.4) is 0 Å². The minimum atomic E-state index is -0.0438. The van der Waals surface area contributed by atoms with E-state index in [0.717, 1.165) is 42.1 Å². The van der Waals surface area contributed by atoms with Gasteiger partial charge in [0, 0.05) is 18.1 Å². The molecule has 120 valence electrons. The van der Waals surface area contributed by atoms with Crippen LogP contribution in [-0.4, -0.2) is 23.4 Å². The molecule has 1 fully saturated rings. The number of benzene rings is 2. The molecule has 1 unspecified atom stereocenters. The highest BCUT2D eigenvalue weighted by atomic mass is 35.5. The van der Waals surface area contributed by atoms with Crippen molar-refractivity contribution in [1.29, 1.82) is 0 Å². The average Bonchev–Trinajstić information content (AvgIpc) is 3.02. The summed E-state index contributed by atoms with van der Waals surface area (Å²) in [4.78, 5) is 14.7. The molecule has 1 aliphatic heterocycles. The third-order valence-corrected chi connectivity index (χ3v) is 4.49. The van der Waals surface area contributed by atoms with Crippen molar-refractivity contribution >= 4 is 17.5 Å². The average molecular weight is 329 g/mol. The van der Waals surface area contributed by atoms with Crippen LogP contribution in [-0.2, 0) is 17.9 Å². The Morgan fingerprint density at radius 1 is 1.13 bits per heavy atom. The molecule has 0 aromatic heterocycles. The van der Waals surface area contributed by atoms with Crippen molar-refractivity contribution in [3.63, 3.8) is 0 Å². The van der Waals surface area contributed by atoms with Crippen molar-refractivity contribution in [3.05, 3.63) is 70.7 Å². The molecule has 4 heteroatoms. The fourth-order valence-electron chi connectivity index (χ4n) is 3.08. The maximum atomic E-state index is 12.5. The van der Waals surface area contributed by atoms with Crippen molar-refractivity contribution in [3.8, 4) is 0 Å². The molecular formula is C19H21ClN2O. The fourth-order valence-corrected chi connectivity index (χ4v) is 3.30. The van der Waals surface area contributed by atoms with Crippen LogP contribution < -0.4 is 5.32 Å². The number of amides is 1. The minimum absolute atomic E-state index is 0.0438. The Labute approximate surface area is 142 Å². The number of halogens is 1. The van der Waals surface area contributed by atoms with E-state index in [4.69, 9.17) is 11.6 Å². The topological polar surface area (TPSA) is 32.3 Å². The number of carbonyl (C=O) groups is 1. The summed E-state index contributed by atoms with van der Waals surface area (Å²) in [7, 11) is 0. The van der Waals surface area contributed by atoms with Gasteiger partial charge in [-0.1, -0.05) is 54.1 Å². The summed E-state index contributed by atoms with van der Waals surface area (Å²) in [5.41, 5.74) is 2.28. The molecular weight excluding hydrogens is 308 g/mol. The number of nitrogens with zero attached hydrogens (tertiary/aromatic N) is 1. The highest BCUT2D eigenvalue weighted by Crippen LogP contribution is 2.21. The summed E-state index contributed by atoms with van der Waals surface area (Å²) in [6, 6.07) is 17.8. The SMILES string of the molecule is O=C(NCc1ccccc1)C1CCCN1Cc1cccc(Cl)c1. The summed E-state index contributed by atoms with van der Waals surface area (Å²) < 4.78 is 0. The van der Waals surface area contributed by atoms with Crippen LogP contribution in [0.15, 0.2) is 54.6 Å². The summed E-state index contributed by atoms with van der Waals surface area (Å²) in [6.45, 7) is 2.31. The van der Waals surface area contributed by atoms with E-state index < -0.39 is 0 Å². The van der Waals surface area contributed by atoms with Crippen molar-refractivity contribution in [2.75, 3.05) is 6.54 Å². The molecule has 1 atom stereocenters. The highest BCUT2D eigenvalue weighted by molar-refractivity contribution is 6.30. The van der Waals surface area contributed by atoms with Crippen molar-refractivity contribution in [2.24, 2.45) is 0 Å². The Hall–Kier alpha value is -1.84. The molecule has 1 N–H and O–H groups in total. The first kappa shape index (κ1) is 16.0. The summed E-state index contributed by atoms with van der Waals surface area (Å²) >= 11 is 6.05. The zero-order valence-corrected chi connectivity index (χ0v) is 13.8. The number of rotatable bonds is 5. The normalized spacial score (nSPS) is 18.0. The zero-order valence-electron chi connectivity index (χ0n) is 13.0. The summed E-state index contributed by atoms with van der Waals surface area (Å²) in [5, 5.41) is 3.80. The second kappa shape index (κ2) is 7.62. The molecule has 0 aliphatic carbocycles. The van der Waals surface area contributed by atoms with Gasteiger partial charge in [0.25, 0.3) is 0 Å². The van der Waals surface area contributed by atoms with Crippen LogP contribution >= 0.6 is 11.6 Å². The van der Waals surface area contributed by atoms with Gasteiger partial charge < -0.3 is 5.32 Å². The monoisotopic (exact) mass is 328 g/mol. The lowest BCUT2D eigenvalue weighted by Crippen LogP contribution is -2.42. The van der Waals surface area contributed by atoms with Gasteiger partial charge in [0.05, 0.1) is 6.04 Å². The number of carbonyl (C=O) groups excluding carboxylic acids is 1.